The fourth-order valence-corrected chi connectivity index (χ4v) is 4.18. The highest BCUT2D eigenvalue weighted by Gasteiger charge is 2.30. The maximum Gasteiger partial charge on any atom is 0.119 e. The van der Waals surface area contributed by atoms with Gasteiger partial charge in [-0.2, -0.15) is 5.10 Å². The van der Waals surface area contributed by atoms with Crippen LogP contribution in [0.1, 0.15) is 30.5 Å². The molecule has 1 heterocycles. The third kappa shape index (κ3) is 3.43. The molecule has 0 N–H and O–H groups in total. The van der Waals surface area contributed by atoms with Gasteiger partial charge in [-0.05, 0) is 47.5 Å². The molecule has 0 saturated carbocycles. The van der Waals surface area contributed by atoms with Crippen molar-refractivity contribution in [1.82, 2.24) is 0 Å². The van der Waals surface area contributed by atoms with Gasteiger partial charge in [0, 0.05) is 12.0 Å². The summed E-state index contributed by atoms with van der Waals surface area (Å²) in [6.07, 6.45) is 0.858. The van der Waals surface area contributed by atoms with Crippen LogP contribution in [0, 0.1) is 0 Å². The first kappa shape index (κ1) is 18.4. The molecule has 4 aromatic carbocycles. The average molecular weight is 393 g/mol. The van der Waals surface area contributed by atoms with E-state index in [9.17, 15) is 0 Å². The third-order valence-electron chi connectivity index (χ3n) is 5.61. The zero-order valence-electron chi connectivity index (χ0n) is 17.0. The van der Waals surface area contributed by atoms with Crippen LogP contribution in [0.15, 0.2) is 102 Å². The molecule has 1 aliphatic rings. The maximum atomic E-state index is 5.63. The Morgan fingerprint density at radius 2 is 1.57 bits per heavy atom. The summed E-state index contributed by atoms with van der Waals surface area (Å²) in [6, 6.07) is 34.0. The third-order valence-corrected chi connectivity index (χ3v) is 5.61. The molecule has 4 aromatic rings. The minimum absolute atomic E-state index is 0.150. The molecule has 30 heavy (non-hydrogen) atoms. The standard InChI is InChI=1S/C27H24N2O/c1-2-30-23-17-15-21(16-18-23)27-19-26(28-29(27)22-11-4-3-5-12-22)25-14-8-10-20-9-6-7-13-24(20)25/h3-18,27H,2,19H2,1H3. The molecular weight excluding hydrogens is 368 g/mol. The van der Waals surface area contributed by atoms with Crippen LogP contribution in [0.25, 0.3) is 10.8 Å². The molecule has 1 aliphatic heterocycles. The second-order valence-corrected chi connectivity index (χ2v) is 7.48. The number of rotatable bonds is 5. The van der Waals surface area contributed by atoms with Gasteiger partial charge < -0.3 is 4.74 Å². The second kappa shape index (κ2) is 8.03. The van der Waals surface area contributed by atoms with Gasteiger partial charge in [-0.3, -0.25) is 5.01 Å². The molecular formula is C27H24N2O. The molecule has 0 saturated heterocycles. The number of fused-ring (bicyclic) bond motifs is 1. The summed E-state index contributed by atoms with van der Waals surface area (Å²) in [5.41, 5.74) is 4.67. The molecule has 1 unspecified atom stereocenters. The van der Waals surface area contributed by atoms with Gasteiger partial charge in [0.25, 0.3) is 0 Å². The lowest BCUT2D eigenvalue weighted by Crippen LogP contribution is -2.18. The van der Waals surface area contributed by atoms with Crippen LogP contribution in [0.3, 0.4) is 0 Å². The summed E-state index contributed by atoms with van der Waals surface area (Å²) in [4.78, 5) is 0. The molecule has 0 aromatic heterocycles. The predicted molar refractivity (Wildman–Crippen MR) is 124 cm³/mol. The SMILES string of the molecule is CCOc1ccc(C2CC(c3cccc4ccccc34)=NN2c2ccccc2)cc1. The van der Waals surface area contributed by atoms with Gasteiger partial charge in [-0.1, -0.05) is 72.8 Å². The summed E-state index contributed by atoms with van der Waals surface area (Å²) in [5, 5.41) is 9.77. The minimum Gasteiger partial charge on any atom is -0.494 e. The molecule has 0 amide bonds. The Balaban J connectivity index is 1.57. The van der Waals surface area contributed by atoms with E-state index in [0.717, 1.165) is 23.6 Å². The van der Waals surface area contributed by atoms with Crippen molar-refractivity contribution in [2.45, 2.75) is 19.4 Å². The number of hydrogen-bond acceptors (Lipinski definition) is 3. The van der Waals surface area contributed by atoms with Crippen molar-refractivity contribution < 1.29 is 4.74 Å². The van der Waals surface area contributed by atoms with Crippen molar-refractivity contribution in [3.05, 3.63) is 108 Å². The molecule has 3 nitrogen and oxygen atoms in total. The van der Waals surface area contributed by atoms with Gasteiger partial charge in [0.15, 0.2) is 0 Å². The Hall–Kier alpha value is -3.59. The van der Waals surface area contributed by atoms with Crippen molar-refractivity contribution in [3.63, 3.8) is 0 Å². The van der Waals surface area contributed by atoms with E-state index in [2.05, 4.69) is 96.0 Å². The van der Waals surface area contributed by atoms with E-state index < -0.39 is 0 Å². The summed E-state index contributed by atoms with van der Waals surface area (Å²) in [5.74, 6) is 0.903. The lowest BCUT2D eigenvalue weighted by molar-refractivity contribution is 0.340. The lowest BCUT2D eigenvalue weighted by atomic mass is 9.95. The van der Waals surface area contributed by atoms with Crippen molar-refractivity contribution >= 4 is 22.2 Å². The van der Waals surface area contributed by atoms with Crippen molar-refractivity contribution in [2.75, 3.05) is 11.6 Å². The minimum atomic E-state index is 0.150. The van der Waals surface area contributed by atoms with Gasteiger partial charge in [-0.15, -0.1) is 0 Å². The number of nitrogens with zero attached hydrogens (tertiary/aromatic N) is 2. The molecule has 148 valence electrons. The largest absolute Gasteiger partial charge is 0.494 e. The first-order valence-corrected chi connectivity index (χ1v) is 10.5. The van der Waals surface area contributed by atoms with Crippen LogP contribution in [-0.4, -0.2) is 12.3 Å². The van der Waals surface area contributed by atoms with E-state index in [1.807, 2.05) is 13.0 Å². The summed E-state index contributed by atoms with van der Waals surface area (Å²) >= 11 is 0. The van der Waals surface area contributed by atoms with Crippen LogP contribution < -0.4 is 9.75 Å². The van der Waals surface area contributed by atoms with Crippen molar-refractivity contribution in [2.24, 2.45) is 5.10 Å². The molecule has 1 atom stereocenters. The summed E-state index contributed by atoms with van der Waals surface area (Å²) in [6.45, 7) is 2.68. The van der Waals surface area contributed by atoms with Gasteiger partial charge in [-0.25, -0.2) is 0 Å². The number of hydrogen-bond donors (Lipinski definition) is 0. The molecule has 3 heteroatoms. The van der Waals surface area contributed by atoms with E-state index in [1.54, 1.807) is 0 Å². The van der Waals surface area contributed by atoms with E-state index in [4.69, 9.17) is 9.84 Å². The van der Waals surface area contributed by atoms with Gasteiger partial charge in [0.1, 0.15) is 5.75 Å². The van der Waals surface area contributed by atoms with Crippen molar-refractivity contribution in [3.8, 4) is 5.75 Å². The van der Waals surface area contributed by atoms with Crippen LogP contribution >= 0.6 is 0 Å². The molecule has 0 aliphatic carbocycles. The number of hydrazone groups is 1. The molecule has 0 bridgehead atoms. The quantitative estimate of drug-likeness (QED) is 0.382. The highest BCUT2D eigenvalue weighted by molar-refractivity contribution is 6.12. The van der Waals surface area contributed by atoms with Crippen LogP contribution in [0.5, 0.6) is 5.75 Å². The van der Waals surface area contributed by atoms with E-state index >= 15 is 0 Å². The van der Waals surface area contributed by atoms with Gasteiger partial charge >= 0.3 is 0 Å². The van der Waals surface area contributed by atoms with Crippen LogP contribution in [-0.2, 0) is 0 Å². The first-order chi connectivity index (χ1) is 14.8. The Morgan fingerprint density at radius 3 is 2.37 bits per heavy atom. The topological polar surface area (TPSA) is 24.8 Å². The zero-order chi connectivity index (χ0) is 20.3. The highest BCUT2D eigenvalue weighted by Crippen LogP contribution is 2.38. The van der Waals surface area contributed by atoms with Gasteiger partial charge in [0.05, 0.1) is 24.0 Å². The molecule has 0 fully saturated rings. The summed E-state index contributed by atoms with van der Waals surface area (Å²) in [7, 11) is 0. The molecule has 0 radical (unpaired) electrons. The Morgan fingerprint density at radius 1 is 0.833 bits per heavy atom. The fourth-order valence-electron chi connectivity index (χ4n) is 4.18. The highest BCUT2D eigenvalue weighted by atomic mass is 16.5. The Bertz CT molecular complexity index is 1180. The lowest BCUT2D eigenvalue weighted by Gasteiger charge is -2.24. The number of anilines is 1. The fraction of sp³-hybridized carbons (Fsp3) is 0.148. The van der Waals surface area contributed by atoms with E-state index in [0.29, 0.717) is 6.61 Å². The number of para-hydroxylation sites is 1. The van der Waals surface area contributed by atoms with Gasteiger partial charge in [0.2, 0.25) is 0 Å². The van der Waals surface area contributed by atoms with Crippen LogP contribution in [0.4, 0.5) is 5.69 Å². The summed E-state index contributed by atoms with van der Waals surface area (Å²) < 4.78 is 5.63. The van der Waals surface area contributed by atoms with E-state index in [-0.39, 0.29) is 6.04 Å². The first-order valence-electron chi connectivity index (χ1n) is 10.5. The number of benzene rings is 4. The zero-order valence-corrected chi connectivity index (χ0v) is 17.0. The van der Waals surface area contributed by atoms with E-state index in [1.165, 1.54) is 21.9 Å². The predicted octanol–water partition coefficient (Wildman–Crippen LogP) is 6.59. The van der Waals surface area contributed by atoms with Crippen molar-refractivity contribution in [1.29, 1.82) is 0 Å². The molecule has 5 rings (SSSR count). The second-order valence-electron chi connectivity index (χ2n) is 7.48. The smallest absolute Gasteiger partial charge is 0.119 e. The normalized spacial score (nSPS) is 16.0. The maximum absolute atomic E-state index is 5.63. The number of ether oxygens (including phenoxy) is 1. The Labute approximate surface area is 177 Å². The molecule has 0 spiro atoms. The van der Waals surface area contributed by atoms with Crippen LogP contribution in [0.2, 0.25) is 0 Å². The average Bonchev–Trinajstić information content (AvgIpc) is 3.25. The monoisotopic (exact) mass is 392 g/mol. The Kier molecular flexibility index (Phi) is 4.94.